The quantitative estimate of drug-likeness (QED) is 0.604. The van der Waals surface area contributed by atoms with Crippen LogP contribution in [0.1, 0.15) is 37.0 Å². The number of nitriles is 1. The molecule has 5 rings (SSSR count). The molecule has 1 aromatic heterocycles. The minimum Gasteiger partial charge on any atom is -0.336 e. The van der Waals surface area contributed by atoms with E-state index in [9.17, 15) is 23.3 Å². The number of carbonyl (C=O) groups is 2. The first kappa shape index (κ1) is 23.6. The van der Waals surface area contributed by atoms with Crippen molar-refractivity contribution in [2.75, 3.05) is 6.54 Å². The van der Waals surface area contributed by atoms with Gasteiger partial charge in [0.1, 0.15) is 11.6 Å². The van der Waals surface area contributed by atoms with E-state index < -0.39 is 38.0 Å². The summed E-state index contributed by atoms with van der Waals surface area (Å²) in [6.07, 6.45) is 2.23. The van der Waals surface area contributed by atoms with Gasteiger partial charge in [-0.3, -0.25) is 9.59 Å². The average molecular weight is 538 g/mol. The number of likely N-dealkylation sites (tertiary alicyclic amines) is 1. The van der Waals surface area contributed by atoms with Crippen molar-refractivity contribution in [1.29, 1.82) is 5.26 Å². The molecule has 0 bridgehead atoms. The van der Waals surface area contributed by atoms with Gasteiger partial charge >= 0.3 is 0 Å². The lowest BCUT2D eigenvalue weighted by molar-refractivity contribution is -0.140. The summed E-state index contributed by atoms with van der Waals surface area (Å²) >= 11 is 13.6. The van der Waals surface area contributed by atoms with Gasteiger partial charge in [-0.25, -0.2) is 8.42 Å². The lowest BCUT2D eigenvalue weighted by atomic mass is 10.0. The summed E-state index contributed by atoms with van der Waals surface area (Å²) in [7, 11) is -3.91. The minimum absolute atomic E-state index is 0.0167. The summed E-state index contributed by atoms with van der Waals surface area (Å²) < 4.78 is 27.5. The number of thiophene rings is 1. The molecule has 0 radical (unpaired) electrons. The van der Waals surface area contributed by atoms with Crippen molar-refractivity contribution in [3.8, 4) is 6.07 Å². The van der Waals surface area contributed by atoms with E-state index >= 15 is 0 Å². The van der Waals surface area contributed by atoms with E-state index in [4.69, 9.17) is 23.2 Å². The number of carbonyl (C=O) groups excluding carboxylic acids is 2. The molecule has 2 heterocycles. The second-order valence-electron chi connectivity index (χ2n) is 9.18. The average Bonchev–Trinajstić information content (AvgIpc) is 3.68. The number of hydrogen-bond donors (Lipinski definition) is 1. The van der Waals surface area contributed by atoms with Crippen LogP contribution in [-0.4, -0.2) is 48.5 Å². The molecule has 178 valence electrons. The van der Waals surface area contributed by atoms with E-state index in [1.54, 1.807) is 18.2 Å². The summed E-state index contributed by atoms with van der Waals surface area (Å²) in [5.41, 5.74) is -1.71. The van der Waals surface area contributed by atoms with Gasteiger partial charge in [-0.1, -0.05) is 35.3 Å². The molecule has 7 nitrogen and oxygen atoms in total. The Balaban J connectivity index is 1.48. The molecule has 1 aromatic carbocycles. The van der Waals surface area contributed by atoms with Gasteiger partial charge < -0.3 is 10.2 Å². The maximum Gasteiger partial charge on any atom is 0.244 e. The van der Waals surface area contributed by atoms with Crippen LogP contribution in [0.2, 0.25) is 9.36 Å². The van der Waals surface area contributed by atoms with Crippen molar-refractivity contribution in [2.24, 2.45) is 0 Å². The van der Waals surface area contributed by atoms with Crippen LogP contribution < -0.4 is 5.32 Å². The largest absolute Gasteiger partial charge is 0.336 e. The molecule has 3 fully saturated rings. The van der Waals surface area contributed by atoms with Gasteiger partial charge in [-0.15, -0.1) is 11.3 Å². The molecule has 2 aliphatic carbocycles. The molecule has 11 heteroatoms. The molecule has 2 aromatic rings. The smallest absolute Gasteiger partial charge is 0.244 e. The SMILES string of the molecule is N#CC1(NC(=O)C2CC(S(=O)(=O)c3ccccc3Cl)CN2C(=O)C2(c3ccc(Cl)s3)CC2)CC1. The normalized spacial score (nSPS) is 24.3. The van der Waals surface area contributed by atoms with Crippen molar-refractivity contribution in [1.82, 2.24) is 10.2 Å². The highest BCUT2D eigenvalue weighted by Crippen LogP contribution is 2.53. The highest BCUT2D eigenvalue weighted by Gasteiger charge is 2.58. The standard InChI is InChI=1S/C23H21Cl2N3O4S2/c24-15-3-1-2-4-17(15)34(31,32)14-11-16(20(29)27-22(13-26)7-8-22)28(12-14)21(30)23(9-10-23)18-5-6-19(25)33-18/h1-6,14,16H,7-12H2,(H,27,29). The molecule has 2 unspecified atom stereocenters. The summed E-state index contributed by atoms with van der Waals surface area (Å²) in [6.45, 7) is -0.120. The maximum absolute atomic E-state index is 13.8. The van der Waals surface area contributed by atoms with Crippen molar-refractivity contribution < 1.29 is 18.0 Å². The third kappa shape index (κ3) is 3.91. The lowest BCUT2D eigenvalue weighted by Gasteiger charge is -2.28. The van der Waals surface area contributed by atoms with Gasteiger partial charge in [0.2, 0.25) is 11.8 Å². The van der Waals surface area contributed by atoms with Crippen LogP contribution in [0.3, 0.4) is 0 Å². The van der Waals surface area contributed by atoms with E-state index in [1.807, 2.05) is 6.07 Å². The molecule has 2 amide bonds. The predicted octanol–water partition coefficient (Wildman–Crippen LogP) is 3.70. The van der Waals surface area contributed by atoms with E-state index in [0.29, 0.717) is 30.0 Å². The number of benzene rings is 1. The second-order valence-corrected chi connectivity index (χ2v) is 13.5. The van der Waals surface area contributed by atoms with Crippen molar-refractivity contribution >= 4 is 56.2 Å². The van der Waals surface area contributed by atoms with Crippen LogP contribution >= 0.6 is 34.5 Å². The van der Waals surface area contributed by atoms with Gasteiger partial charge in [-0.05, 0) is 56.4 Å². The third-order valence-corrected chi connectivity index (χ3v) is 11.0. The Morgan fingerprint density at radius 3 is 2.38 bits per heavy atom. The van der Waals surface area contributed by atoms with E-state index in [2.05, 4.69) is 11.4 Å². The molecular weight excluding hydrogens is 517 g/mol. The zero-order chi connectivity index (χ0) is 24.3. The van der Waals surface area contributed by atoms with Crippen LogP contribution in [0.5, 0.6) is 0 Å². The molecule has 1 saturated heterocycles. The Bertz CT molecular complexity index is 1330. The molecule has 3 aliphatic rings. The molecule has 1 N–H and O–H groups in total. The number of hydrogen-bond acceptors (Lipinski definition) is 6. The zero-order valence-electron chi connectivity index (χ0n) is 18.0. The number of halogens is 2. The summed E-state index contributed by atoms with van der Waals surface area (Å²) in [5.74, 6) is -0.769. The van der Waals surface area contributed by atoms with Gasteiger partial charge in [0.15, 0.2) is 9.84 Å². The topological polar surface area (TPSA) is 107 Å². The zero-order valence-corrected chi connectivity index (χ0v) is 21.1. The van der Waals surface area contributed by atoms with Crippen LogP contribution in [-0.2, 0) is 24.8 Å². The first-order chi connectivity index (χ1) is 16.1. The van der Waals surface area contributed by atoms with Crippen LogP contribution in [0.15, 0.2) is 41.3 Å². The highest BCUT2D eigenvalue weighted by molar-refractivity contribution is 7.92. The Hall–Kier alpha value is -2.12. The molecule has 1 aliphatic heterocycles. The fraction of sp³-hybridized carbons (Fsp3) is 0.435. The van der Waals surface area contributed by atoms with Crippen LogP contribution in [0, 0.1) is 11.3 Å². The second kappa shape index (κ2) is 8.23. The molecule has 2 saturated carbocycles. The van der Waals surface area contributed by atoms with Gasteiger partial charge in [0.05, 0.1) is 31.0 Å². The molecule has 0 spiro atoms. The number of nitrogens with one attached hydrogen (secondary N) is 1. The summed E-state index contributed by atoms with van der Waals surface area (Å²) in [6, 6.07) is 10.8. The molecule has 2 atom stereocenters. The van der Waals surface area contributed by atoms with Crippen molar-refractivity contribution in [2.45, 2.75) is 59.2 Å². The summed E-state index contributed by atoms with van der Waals surface area (Å²) in [5, 5.41) is 11.3. The van der Waals surface area contributed by atoms with E-state index in [-0.39, 0.29) is 28.8 Å². The highest BCUT2D eigenvalue weighted by atomic mass is 35.5. The number of nitrogens with zero attached hydrogens (tertiary/aromatic N) is 2. The number of sulfone groups is 1. The first-order valence-electron chi connectivity index (χ1n) is 10.9. The predicted molar refractivity (Wildman–Crippen MR) is 129 cm³/mol. The Labute approximate surface area is 211 Å². The van der Waals surface area contributed by atoms with E-state index in [1.165, 1.54) is 28.4 Å². The Morgan fingerprint density at radius 1 is 1.12 bits per heavy atom. The maximum atomic E-state index is 13.8. The minimum atomic E-state index is -3.91. The first-order valence-corrected chi connectivity index (χ1v) is 14.0. The summed E-state index contributed by atoms with van der Waals surface area (Å²) in [4.78, 5) is 29.2. The van der Waals surface area contributed by atoms with Crippen LogP contribution in [0.4, 0.5) is 0 Å². The monoisotopic (exact) mass is 537 g/mol. The fourth-order valence-corrected chi connectivity index (χ4v) is 8.10. The van der Waals surface area contributed by atoms with Gasteiger partial charge in [0, 0.05) is 11.4 Å². The lowest BCUT2D eigenvalue weighted by Crippen LogP contribution is -2.51. The van der Waals surface area contributed by atoms with Crippen molar-refractivity contribution in [3.05, 3.63) is 50.6 Å². The molecular formula is C23H21Cl2N3O4S2. The number of amides is 2. The number of rotatable bonds is 6. The third-order valence-electron chi connectivity index (χ3n) is 6.94. The fourth-order valence-electron chi connectivity index (χ4n) is 4.60. The van der Waals surface area contributed by atoms with E-state index in [0.717, 1.165) is 4.88 Å². The van der Waals surface area contributed by atoms with Gasteiger partial charge in [0.25, 0.3) is 0 Å². The van der Waals surface area contributed by atoms with Crippen molar-refractivity contribution in [3.63, 3.8) is 0 Å². The molecule has 34 heavy (non-hydrogen) atoms. The van der Waals surface area contributed by atoms with Crippen LogP contribution in [0.25, 0.3) is 0 Å². The Kier molecular flexibility index (Phi) is 5.72. The van der Waals surface area contributed by atoms with Gasteiger partial charge in [-0.2, -0.15) is 5.26 Å². The Morgan fingerprint density at radius 2 is 1.82 bits per heavy atom.